The van der Waals surface area contributed by atoms with E-state index in [0.717, 1.165) is 0 Å². The van der Waals surface area contributed by atoms with Crippen molar-refractivity contribution in [2.75, 3.05) is 0 Å². The van der Waals surface area contributed by atoms with Gasteiger partial charge in [0.1, 0.15) is 0 Å². The quantitative estimate of drug-likeness (QED) is 0.630. The number of pyridine rings is 1. The van der Waals surface area contributed by atoms with Crippen LogP contribution in [0.1, 0.15) is 27.1 Å². The van der Waals surface area contributed by atoms with Crippen LogP contribution in [0.3, 0.4) is 0 Å². The third kappa shape index (κ3) is 2.99. The van der Waals surface area contributed by atoms with Crippen molar-refractivity contribution in [2.24, 2.45) is 0 Å². The van der Waals surface area contributed by atoms with E-state index in [0.29, 0.717) is 15.5 Å². The second-order valence-corrected chi connectivity index (χ2v) is 4.95. The van der Waals surface area contributed by atoms with Gasteiger partial charge in [0, 0.05) is 28.9 Å². The van der Waals surface area contributed by atoms with Crippen molar-refractivity contribution >= 4 is 34.5 Å². The number of halogens is 1. The zero-order valence-corrected chi connectivity index (χ0v) is 10.3. The Kier molecular flexibility index (Phi) is 3.66. The van der Waals surface area contributed by atoms with Gasteiger partial charge in [-0.2, -0.15) is 0 Å². The number of rotatable bonds is 4. The van der Waals surface area contributed by atoms with Crippen LogP contribution < -0.4 is 0 Å². The maximum Gasteiger partial charge on any atom is 0.172 e. The number of hydrogen-bond acceptors (Lipinski definition) is 4. The summed E-state index contributed by atoms with van der Waals surface area (Å²) in [5.41, 5.74) is 0.930. The van der Waals surface area contributed by atoms with E-state index >= 15 is 0 Å². The minimum atomic E-state index is -0.231. The molecule has 0 saturated carbocycles. The molecule has 0 amide bonds. The summed E-state index contributed by atoms with van der Waals surface area (Å²) >= 11 is 7.01. The molecule has 0 fully saturated rings. The highest BCUT2D eigenvalue weighted by atomic mass is 35.5. The molecule has 0 saturated heterocycles. The Balaban J connectivity index is 2.07. The van der Waals surface area contributed by atoms with Crippen LogP contribution in [0.2, 0.25) is 4.34 Å². The minimum Gasteiger partial charge on any atom is -0.294 e. The average molecular weight is 266 g/mol. The monoisotopic (exact) mass is 265 g/mol. The fourth-order valence-electron chi connectivity index (χ4n) is 1.33. The molecule has 0 radical (unpaired) electrons. The first-order chi connectivity index (χ1) is 8.16. The first-order valence-corrected chi connectivity index (χ1v) is 6.13. The molecule has 0 aliphatic rings. The number of ketones is 2. The summed E-state index contributed by atoms with van der Waals surface area (Å²) in [6.07, 6.45) is 2.88. The van der Waals surface area contributed by atoms with Crippen molar-refractivity contribution in [3.05, 3.63) is 51.4 Å². The molecular formula is C12H8ClNO2S. The van der Waals surface area contributed by atoms with Crippen LogP contribution >= 0.6 is 22.9 Å². The molecule has 2 rings (SSSR count). The Hall–Kier alpha value is -1.52. The smallest absolute Gasteiger partial charge is 0.172 e. The van der Waals surface area contributed by atoms with Crippen LogP contribution in [0, 0.1) is 0 Å². The molecule has 0 atom stereocenters. The molecule has 0 N–H and O–H groups in total. The van der Waals surface area contributed by atoms with Crippen LogP contribution in [0.4, 0.5) is 0 Å². The van der Waals surface area contributed by atoms with Crippen molar-refractivity contribution in [1.29, 1.82) is 0 Å². The van der Waals surface area contributed by atoms with Crippen LogP contribution in [-0.4, -0.2) is 16.6 Å². The molecule has 0 aliphatic carbocycles. The lowest BCUT2D eigenvalue weighted by Crippen LogP contribution is -2.07. The fourth-order valence-corrected chi connectivity index (χ4v) is 2.22. The number of hydrogen-bond donors (Lipinski definition) is 0. The van der Waals surface area contributed by atoms with Gasteiger partial charge >= 0.3 is 0 Å². The third-order valence-electron chi connectivity index (χ3n) is 2.19. The second-order valence-electron chi connectivity index (χ2n) is 3.40. The largest absolute Gasteiger partial charge is 0.294 e. The predicted molar refractivity (Wildman–Crippen MR) is 66.8 cm³/mol. The van der Waals surface area contributed by atoms with E-state index in [-0.39, 0.29) is 18.0 Å². The Labute approximate surface area is 107 Å². The van der Waals surface area contributed by atoms with Crippen LogP contribution in [0.15, 0.2) is 36.0 Å². The molecule has 0 spiro atoms. The van der Waals surface area contributed by atoms with Crippen molar-refractivity contribution in [3.63, 3.8) is 0 Å². The molecule has 2 aromatic rings. The molecule has 17 heavy (non-hydrogen) atoms. The van der Waals surface area contributed by atoms with E-state index in [1.165, 1.54) is 17.5 Å². The predicted octanol–water partition coefficient (Wildman–Crippen LogP) is 3.25. The molecule has 0 unspecified atom stereocenters. The summed E-state index contributed by atoms with van der Waals surface area (Å²) in [6, 6.07) is 4.88. The average Bonchev–Trinajstić information content (AvgIpc) is 2.77. The zero-order chi connectivity index (χ0) is 12.3. The summed E-state index contributed by atoms with van der Waals surface area (Å²) < 4.78 is 0.544. The SMILES string of the molecule is O=C(CC(=O)c1csc(Cl)c1)c1cccnc1. The van der Waals surface area contributed by atoms with Gasteiger partial charge in [0.25, 0.3) is 0 Å². The summed E-state index contributed by atoms with van der Waals surface area (Å²) in [4.78, 5) is 27.3. The van der Waals surface area contributed by atoms with Gasteiger partial charge in [-0.1, -0.05) is 11.6 Å². The minimum absolute atomic E-state index is 0.154. The van der Waals surface area contributed by atoms with Gasteiger partial charge < -0.3 is 0 Å². The number of carbonyl (C=O) groups excluding carboxylic acids is 2. The van der Waals surface area contributed by atoms with Crippen LogP contribution in [0.5, 0.6) is 0 Å². The van der Waals surface area contributed by atoms with Gasteiger partial charge in [0.15, 0.2) is 11.6 Å². The molecule has 0 aromatic carbocycles. The maximum atomic E-state index is 11.7. The number of Topliss-reactive ketones (excluding diaryl/α,β-unsaturated/α-hetero) is 2. The lowest BCUT2D eigenvalue weighted by molar-refractivity contribution is 0.0894. The summed E-state index contributed by atoms with van der Waals surface area (Å²) in [5.74, 6) is -0.451. The maximum absolute atomic E-state index is 11.7. The fraction of sp³-hybridized carbons (Fsp3) is 0.0833. The van der Waals surface area contributed by atoms with Gasteiger partial charge in [-0.15, -0.1) is 11.3 Å². The highest BCUT2D eigenvalue weighted by Gasteiger charge is 2.14. The standard InChI is InChI=1S/C12H8ClNO2S/c13-12-4-9(7-17-12)11(16)5-10(15)8-2-1-3-14-6-8/h1-4,6-7H,5H2. The molecule has 5 heteroatoms. The number of thiophene rings is 1. The van der Waals surface area contributed by atoms with E-state index in [4.69, 9.17) is 11.6 Å². The molecular weight excluding hydrogens is 258 g/mol. The highest BCUT2D eigenvalue weighted by Crippen LogP contribution is 2.21. The molecule has 2 heterocycles. The van der Waals surface area contributed by atoms with Crippen molar-refractivity contribution in [1.82, 2.24) is 4.98 Å². The van der Waals surface area contributed by atoms with Gasteiger partial charge in [-0.05, 0) is 18.2 Å². The zero-order valence-electron chi connectivity index (χ0n) is 8.72. The number of aromatic nitrogens is 1. The van der Waals surface area contributed by atoms with E-state index in [1.54, 1.807) is 29.8 Å². The Morgan fingerprint density at radius 2 is 2.06 bits per heavy atom. The van der Waals surface area contributed by atoms with Crippen LogP contribution in [0.25, 0.3) is 0 Å². The van der Waals surface area contributed by atoms with E-state index in [1.807, 2.05) is 0 Å². The third-order valence-corrected chi connectivity index (χ3v) is 3.29. The number of carbonyl (C=O) groups is 2. The van der Waals surface area contributed by atoms with Gasteiger partial charge in [-0.25, -0.2) is 0 Å². The van der Waals surface area contributed by atoms with E-state index in [9.17, 15) is 9.59 Å². The van der Waals surface area contributed by atoms with Gasteiger partial charge in [0.2, 0.25) is 0 Å². The van der Waals surface area contributed by atoms with Crippen LogP contribution in [-0.2, 0) is 0 Å². The molecule has 86 valence electrons. The number of nitrogens with zero attached hydrogens (tertiary/aromatic N) is 1. The molecule has 3 nitrogen and oxygen atoms in total. The van der Waals surface area contributed by atoms with Gasteiger partial charge in [-0.3, -0.25) is 14.6 Å². The van der Waals surface area contributed by atoms with E-state index < -0.39 is 0 Å². The molecule has 0 aliphatic heterocycles. The van der Waals surface area contributed by atoms with Crippen molar-refractivity contribution in [3.8, 4) is 0 Å². The van der Waals surface area contributed by atoms with Gasteiger partial charge in [0.05, 0.1) is 10.8 Å². The Bertz CT molecular complexity index is 551. The molecule has 0 bridgehead atoms. The first-order valence-electron chi connectivity index (χ1n) is 4.87. The molecule has 2 aromatic heterocycles. The van der Waals surface area contributed by atoms with E-state index in [2.05, 4.69) is 4.98 Å². The normalized spacial score (nSPS) is 10.2. The van der Waals surface area contributed by atoms with Crippen molar-refractivity contribution in [2.45, 2.75) is 6.42 Å². The second kappa shape index (κ2) is 5.21. The Morgan fingerprint density at radius 3 is 2.65 bits per heavy atom. The lowest BCUT2D eigenvalue weighted by atomic mass is 10.1. The van der Waals surface area contributed by atoms with Crippen molar-refractivity contribution < 1.29 is 9.59 Å². The first kappa shape index (κ1) is 12.0. The topological polar surface area (TPSA) is 47.0 Å². The summed E-state index contributed by atoms with van der Waals surface area (Å²) in [5, 5.41) is 1.65. The lowest BCUT2D eigenvalue weighted by Gasteiger charge is -1.98. The Morgan fingerprint density at radius 1 is 1.29 bits per heavy atom. The summed E-state index contributed by atoms with van der Waals surface area (Å²) in [6.45, 7) is 0. The highest BCUT2D eigenvalue weighted by molar-refractivity contribution is 7.14. The summed E-state index contributed by atoms with van der Waals surface area (Å²) in [7, 11) is 0.